The fraction of sp³-hybridized carbons (Fsp3) is 0.308. The minimum atomic E-state index is 0.730. The average molecular weight is 248 g/mol. The number of benzene rings is 1. The Morgan fingerprint density at radius 1 is 1.35 bits per heavy atom. The van der Waals surface area contributed by atoms with Crippen molar-refractivity contribution in [2.45, 2.75) is 6.42 Å². The van der Waals surface area contributed by atoms with Gasteiger partial charge in [0.2, 0.25) is 0 Å². The Labute approximate surface area is 105 Å². The zero-order valence-corrected chi connectivity index (χ0v) is 10.2. The number of H-pyrrole nitrogens is 1. The highest BCUT2D eigenvalue weighted by Gasteiger charge is 2.18. The summed E-state index contributed by atoms with van der Waals surface area (Å²) in [5, 5.41) is 4.02. The first-order valence-corrected chi connectivity index (χ1v) is 6.19. The van der Waals surface area contributed by atoms with Gasteiger partial charge in [0, 0.05) is 17.0 Å². The summed E-state index contributed by atoms with van der Waals surface area (Å²) in [4.78, 5) is 7.78. The summed E-state index contributed by atoms with van der Waals surface area (Å²) in [6.45, 7) is 2.21. The van der Waals surface area contributed by atoms with Gasteiger partial charge in [0.15, 0.2) is 0 Å². The minimum Gasteiger partial charge on any atom is -0.342 e. The summed E-state index contributed by atoms with van der Waals surface area (Å²) in [7, 11) is 0. The number of imidazole rings is 1. The van der Waals surface area contributed by atoms with Gasteiger partial charge in [0.25, 0.3) is 0 Å². The predicted octanol–water partition coefficient (Wildman–Crippen LogP) is 2.49. The first-order chi connectivity index (χ1) is 8.31. The number of aromatic nitrogens is 2. The molecular weight excluding hydrogens is 234 g/mol. The molecule has 2 heterocycles. The van der Waals surface area contributed by atoms with E-state index < -0.39 is 0 Å². The van der Waals surface area contributed by atoms with Gasteiger partial charge in [0.05, 0.1) is 11.9 Å². The van der Waals surface area contributed by atoms with Gasteiger partial charge in [-0.25, -0.2) is 4.98 Å². The molecule has 1 aromatic carbocycles. The van der Waals surface area contributed by atoms with E-state index in [1.165, 1.54) is 0 Å². The lowest BCUT2D eigenvalue weighted by atomic mass is 9.99. The van der Waals surface area contributed by atoms with Gasteiger partial charge in [-0.15, -0.1) is 0 Å². The third-order valence-corrected chi connectivity index (χ3v) is 3.35. The van der Waals surface area contributed by atoms with Crippen molar-refractivity contribution in [3.05, 3.63) is 41.3 Å². The number of hydrogen-bond donors (Lipinski definition) is 2. The zero-order chi connectivity index (χ0) is 11.7. The van der Waals surface area contributed by atoms with Crippen LogP contribution in [-0.2, 0) is 6.42 Å². The van der Waals surface area contributed by atoms with Gasteiger partial charge in [-0.3, -0.25) is 0 Å². The van der Waals surface area contributed by atoms with Crippen LogP contribution in [0.2, 0.25) is 5.02 Å². The van der Waals surface area contributed by atoms with Crippen LogP contribution in [0.1, 0.15) is 5.82 Å². The lowest BCUT2D eigenvalue weighted by Gasteiger charge is -2.25. The Balaban J connectivity index is 1.79. The van der Waals surface area contributed by atoms with Crippen LogP contribution in [0.4, 0.5) is 0 Å². The molecular formula is C13H14ClN3. The highest BCUT2D eigenvalue weighted by molar-refractivity contribution is 6.30. The van der Waals surface area contributed by atoms with E-state index in [1.54, 1.807) is 0 Å². The number of rotatable bonds is 3. The molecule has 88 valence electrons. The van der Waals surface area contributed by atoms with Crippen molar-refractivity contribution in [2.24, 2.45) is 5.92 Å². The first kappa shape index (κ1) is 10.8. The molecule has 1 aromatic heterocycles. The second-order valence-electron chi connectivity index (χ2n) is 4.48. The monoisotopic (exact) mass is 247 g/mol. The summed E-state index contributed by atoms with van der Waals surface area (Å²) in [6.07, 6.45) is 2.90. The first-order valence-electron chi connectivity index (χ1n) is 5.82. The zero-order valence-electron chi connectivity index (χ0n) is 9.41. The second kappa shape index (κ2) is 4.51. The molecule has 2 aromatic rings. The molecule has 3 nitrogen and oxygen atoms in total. The number of hydrogen-bond acceptors (Lipinski definition) is 2. The van der Waals surface area contributed by atoms with Crippen LogP contribution < -0.4 is 5.32 Å². The highest BCUT2D eigenvalue weighted by Crippen LogP contribution is 2.21. The van der Waals surface area contributed by atoms with Crippen LogP contribution in [0, 0.1) is 5.92 Å². The van der Waals surface area contributed by atoms with E-state index in [2.05, 4.69) is 15.3 Å². The third kappa shape index (κ3) is 2.35. The molecule has 0 radical (unpaired) electrons. The predicted molar refractivity (Wildman–Crippen MR) is 69.1 cm³/mol. The molecule has 0 spiro atoms. The van der Waals surface area contributed by atoms with Gasteiger partial charge in [-0.2, -0.15) is 0 Å². The lowest BCUT2D eigenvalue weighted by Crippen LogP contribution is -2.43. The van der Waals surface area contributed by atoms with E-state index >= 15 is 0 Å². The molecule has 0 aliphatic carbocycles. The van der Waals surface area contributed by atoms with Crippen molar-refractivity contribution in [3.8, 4) is 11.3 Å². The molecule has 1 saturated heterocycles. The van der Waals surface area contributed by atoms with Crippen molar-refractivity contribution < 1.29 is 0 Å². The van der Waals surface area contributed by atoms with Crippen LogP contribution in [0.15, 0.2) is 30.5 Å². The third-order valence-electron chi connectivity index (χ3n) is 3.11. The fourth-order valence-electron chi connectivity index (χ4n) is 2.04. The lowest BCUT2D eigenvalue weighted by molar-refractivity contribution is 0.342. The van der Waals surface area contributed by atoms with Crippen LogP contribution in [0.3, 0.4) is 0 Å². The van der Waals surface area contributed by atoms with E-state index in [0.29, 0.717) is 0 Å². The van der Waals surface area contributed by atoms with E-state index in [-0.39, 0.29) is 0 Å². The normalized spacial score (nSPS) is 15.8. The minimum absolute atomic E-state index is 0.730. The molecule has 1 fully saturated rings. The molecule has 0 amide bonds. The molecule has 3 rings (SSSR count). The standard InChI is InChI=1S/C13H14ClN3/c14-11-3-1-2-10(5-11)12-8-16-13(17-12)4-9-6-15-7-9/h1-3,5,8-9,15H,4,6-7H2,(H,16,17). The molecule has 0 unspecified atom stereocenters. The van der Waals surface area contributed by atoms with E-state index in [1.807, 2.05) is 30.5 Å². The Hall–Kier alpha value is -1.32. The Morgan fingerprint density at radius 2 is 2.24 bits per heavy atom. The quantitative estimate of drug-likeness (QED) is 0.875. The second-order valence-corrected chi connectivity index (χ2v) is 4.92. The van der Waals surface area contributed by atoms with E-state index in [9.17, 15) is 0 Å². The molecule has 17 heavy (non-hydrogen) atoms. The summed E-state index contributed by atoms with van der Waals surface area (Å²) in [5.74, 6) is 1.79. The summed E-state index contributed by atoms with van der Waals surface area (Å²) in [6, 6.07) is 7.81. The van der Waals surface area contributed by atoms with Crippen molar-refractivity contribution >= 4 is 11.6 Å². The number of nitrogens with one attached hydrogen (secondary N) is 2. The Bertz CT molecular complexity index is 517. The number of nitrogens with zero attached hydrogens (tertiary/aromatic N) is 1. The van der Waals surface area contributed by atoms with Crippen LogP contribution in [0.5, 0.6) is 0 Å². The maximum absolute atomic E-state index is 5.97. The maximum Gasteiger partial charge on any atom is 0.106 e. The van der Waals surface area contributed by atoms with Crippen LogP contribution in [-0.4, -0.2) is 23.1 Å². The van der Waals surface area contributed by atoms with E-state index in [0.717, 1.165) is 47.5 Å². The summed E-state index contributed by atoms with van der Waals surface area (Å²) in [5.41, 5.74) is 2.12. The Kier molecular flexibility index (Phi) is 2.87. The van der Waals surface area contributed by atoms with Gasteiger partial charge < -0.3 is 10.3 Å². The topological polar surface area (TPSA) is 40.7 Å². The van der Waals surface area contributed by atoms with Crippen LogP contribution in [0.25, 0.3) is 11.3 Å². The number of halogens is 1. The molecule has 1 aliphatic rings. The molecule has 0 atom stereocenters. The van der Waals surface area contributed by atoms with Crippen molar-refractivity contribution in [3.63, 3.8) is 0 Å². The molecule has 2 N–H and O–H groups in total. The van der Waals surface area contributed by atoms with Crippen molar-refractivity contribution in [2.75, 3.05) is 13.1 Å². The smallest absolute Gasteiger partial charge is 0.106 e. The maximum atomic E-state index is 5.97. The van der Waals surface area contributed by atoms with Gasteiger partial charge in [-0.1, -0.05) is 23.7 Å². The summed E-state index contributed by atoms with van der Waals surface area (Å²) >= 11 is 5.97. The summed E-state index contributed by atoms with van der Waals surface area (Å²) < 4.78 is 0. The van der Waals surface area contributed by atoms with Gasteiger partial charge in [0.1, 0.15) is 5.82 Å². The van der Waals surface area contributed by atoms with Gasteiger partial charge in [-0.05, 0) is 31.1 Å². The van der Waals surface area contributed by atoms with Crippen molar-refractivity contribution in [1.29, 1.82) is 0 Å². The largest absolute Gasteiger partial charge is 0.342 e. The van der Waals surface area contributed by atoms with E-state index in [4.69, 9.17) is 11.6 Å². The highest BCUT2D eigenvalue weighted by atomic mass is 35.5. The van der Waals surface area contributed by atoms with Gasteiger partial charge >= 0.3 is 0 Å². The fourth-order valence-corrected chi connectivity index (χ4v) is 2.23. The van der Waals surface area contributed by atoms with Crippen LogP contribution >= 0.6 is 11.6 Å². The molecule has 4 heteroatoms. The molecule has 0 bridgehead atoms. The molecule has 1 aliphatic heterocycles. The Morgan fingerprint density at radius 3 is 2.94 bits per heavy atom. The number of aromatic amines is 1. The SMILES string of the molecule is Clc1cccc(-c2cnc(CC3CNC3)[nH]2)c1. The van der Waals surface area contributed by atoms with Crippen molar-refractivity contribution in [1.82, 2.24) is 15.3 Å². The average Bonchev–Trinajstić information content (AvgIpc) is 2.72. The molecule has 0 saturated carbocycles.